The van der Waals surface area contributed by atoms with Crippen LogP contribution in [0.1, 0.15) is 26.7 Å². The molecule has 5 N–H and O–H groups in total. The normalized spacial score (nSPS) is 28.1. The highest BCUT2D eigenvalue weighted by Crippen LogP contribution is 2.49. The molecule has 2 rings (SSSR count). The lowest BCUT2D eigenvalue weighted by Gasteiger charge is -2.17. The molecule has 6 nitrogen and oxygen atoms in total. The molecule has 112 valence electrons. The van der Waals surface area contributed by atoms with Gasteiger partial charge < -0.3 is 16.7 Å². The number of allylic oxidation sites excluding steroid dienone is 6. The Balaban J connectivity index is 2.28. The lowest BCUT2D eigenvalue weighted by atomic mass is 9.87. The third-order valence-corrected chi connectivity index (χ3v) is 3.89. The van der Waals surface area contributed by atoms with Crippen LogP contribution in [-0.4, -0.2) is 22.8 Å². The van der Waals surface area contributed by atoms with Crippen LogP contribution >= 0.6 is 0 Å². The van der Waals surface area contributed by atoms with Gasteiger partial charge in [-0.3, -0.25) is 4.79 Å². The maximum absolute atomic E-state index is 11.9. The van der Waals surface area contributed by atoms with E-state index in [1.54, 1.807) is 6.08 Å². The Labute approximate surface area is 123 Å². The van der Waals surface area contributed by atoms with Crippen molar-refractivity contribution in [3.8, 4) is 0 Å². The number of carbonyl (C=O) groups is 1. The molecule has 0 aromatic heterocycles. The van der Waals surface area contributed by atoms with Crippen molar-refractivity contribution < 1.29 is 10.0 Å². The summed E-state index contributed by atoms with van der Waals surface area (Å²) in [5, 5.41) is 12.5. The van der Waals surface area contributed by atoms with Gasteiger partial charge in [0.2, 0.25) is 0 Å². The van der Waals surface area contributed by atoms with Gasteiger partial charge >= 0.3 is 0 Å². The fraction of sp³-hybridized carbons (Fsp3) is 0.400. The molecule has 2 unspecified atom stereocenters. The van der Waals surface area contributed by atoms with E-state index >= 15 is 0 Å². The second-order valence-corrected chi connectivity index (χ2v) is 5.30. The summed E-state index contributed by atoms with van der Waals surface area (Å²) in [4.78, 5) is 15.5. The first-order valence-electron chi connectivity index (χ1n) is 6.93. The number of oxime groups is 1. The van der Waals surface area contributed by atoms with Crippen LogP contribution in [0.2, 0.25) is 0 Å². The van der Waals surface area contributed by atoms with Gasteiger partial charge in [0.1, 0.15) is 5.71 Å². The summed E-state index contributed by atoms with van der Waals surface area (Å²) >= 11 is 0. The van der Waals surface area contributed by atoms with Crippen LogP contribution in [0.3, 0.4) is 0 Å². The van der Waals surface area contributed by atoms with Gasteiger partial charge in [-0.05, 0) is 37.3 Å². The maximum atomic E-state index is 11.9. The molecule has 0 saturated heterocycles. The minimum Gasteiger partial charge on any atom is -0.410 e. The summed E-state index contributed by atoms with van der Waals surface area (Å²) in [6, 6.07) is 0. The van der Waals surface area contributed by atoms with Crippen LogP contribution in [0, 0.1) is 11.8 Å². The maximum Gasteiger partial charge on any atom is 0.252 e. The lowest BCUT2D eigenvalue weighted by molar-refractivity contribution is -0.119. The molecule has 0 heterocycles. The van der Waals surface area contributed by atoms with Crippen molar-refractivity contribution >= 4 is 17.6 Å². The third kappa shape index (κ3) is 3.04. The highest BCUT2D eigenvalue weighted by Gasteiger charge is 2.46. The van der Waals surface area contributed by atoms with Gasteiger partial charge in [0.25, 0.3) is 5.91 Å². The monoisotopic (exact) mass is 288 g/mol. The molecule has 0 aromatic rings. The molecule has 21 heavy (non-hydrogen) atoms. The van der Waals surface area contributed by atoms with Crippen LogP contribution in [0.15, 0.2) is 45.1 Å². The standard InChI is InChI=1S/C15H20N4O2/c1-3-8(2)13-9(5-4-6-12(13)19-21)10-7-11(10)14(20)18-15(16)17/h4-6,10-11,21H,3,7H2,1-2H3,(H4,16,17,18,20)/b13-8+,19-12-. The Morgan fingerprint density at radius 2 is 2.19 bits per heavy atom. The van der Waals surface area contributed by atoms with Crippen LogP contribution in [0.25, 0.3) is 0 Å². The molecule has 0 spiro atoms. The first-order valence-corrected chi connectivity index (χ1v) is 6.93. The summed E-state index contributed by atoms with van der Waals surface area (Å²) in [5.74, 6) is -0.601. The average molecular weight is 288 g/mol. The SMILES string of the molecule is CC/C(C)=C1\C(C2CC2C(=O)N=C(N)N)=CC=C\C1=N\O. The van der Waals surface area contributed by atoms with E-state index in [1.807, 2.05) is 26.0 Å². The largest absolute Gasteiger partial charge is 0.410 e. The van der Waals surface area contributed by atoms with E-state index in [2.05, 4.69) is 10.1 Å². The molecule has 2 aliphatic carbocycles. The number of nitrogens with two attached hydrogens (primary N) is 2. The molecule has 0 aliphatic heterocycles. The van der Waals surface area contributed by atoms with E-state index in [1.165, 1.54) is 0 Å². The molecule has 1 amide bonds. The quantitative estimate of drug-likeness (QED) is 0.316. The predicted molar refractivity (Wildman–Crippen MR) is 81.8 cm³/mol. The van der Waals surface area contributed by atoms with Crippen LogP contribution in [0.4, 0.5) is 0 Å². The zero-order valence-corrected chi connectivity index (χ0v) is 12.2. The molecular weight excluding hydrogens is 268 g/mol. The summed E-state index contributed by atoms with van der Waals surface area (Å²) in [7, 11) is 0. The van der Waals surface area contributed by atoms with E-state index in [-0.39, 0.29) is 23.7 Å². The second kappa shape index (κ2) is 5.95. The smallest absolute Gasteiger partial charge is 0.252 e. The van der Waals surface area contributed by atoms with E-state index in [9.17, 15) is 10.0 Å². The van der Waals surface area contributed by atoms with Crippen molar-refractivity contribution in [1.29, 1.82) is 0 Å². The Morgan fingerprint density at radius 3 is 2.76 bits per heavy atom. The number of nitrogens with zero attached hydrogens (tertiary/aromatic N) is 2. The summed E-state index contributed by atoms with van der Waals surface area (Å²) in [6.45, 7) is 4.05. The molecule has 6 heteroatoms. The van der Waals surface area contributed by atoms with Crippen molar-refractivity contribution in [2.45, 2.75) is 26.7 Å². The summed E-state index contributed by atoms with van der Waals surface area (Å²) in [6.07, 6.45) is 7.12. The Kier molecular flexibility index (Phi) is 4.26. The van der Waals surface area contributed by atoms with Crippen molar-refractivity contribution in [2.75, 3.05) is 0 Å². The topological polar surface area (TPSA) is 114 Å². The van der Waals surface area contributed by atoms with Gasteiger partial charge in [-0.2, -0.15) is 4.99 Å². The molecule has 0 aromatic carbocycles. The number of hydrogen-bond donors (Lipinski definition) is 3. The van der Waals surface area contributed by atoms with Gasteiger partial charge in [-0.25, -0.2) is 0 Å². The van der Waals surface area contributed by atoms with E-state index < -0.39 is 0 Å². The van der Waals surface area contributed by atoms with Crippen LogP contribution in [-0.2, 0) is 4.79 Å². The summed E-state index contributed by atoms with van der Waals surface area (Å²) < 4.78 is 0. The minimum absolute atomic E-state index is 0.0822. The molecule has 2 aliphatic rings. The average Bonchev–Trinajstić information content (AvgIpc) is 3.25. The number of amides is 1. The highest BCUT2D eigenvalue weighted by molar-refractivity contribution is 6.13. The highest BCUT2D eigenvalue weighted by atomic mass is 16.4. The second-order valence-electron chi connectivity index (χ2n) is 5.30. The zero-order valence-electron chi connectivity index (χ0n) is 12.2. The van der Waals surface area contributed by atoms with Crippen molar-refractivity contribution in [3.63, 3.8) is 0 Å². The van der Waals surface area contributed by atoms with Crippen molar-refractivity contribution in [1.82, 2.24) is 0 Å². The number of rotatable bonds is 3. The molecule has 0 bridgehead atoms. The molecular formula is C15H20N4O2. The zero-order chi connectivity index (χ0) is 15.6. The van der Waals surface area contributed by atoms with Crippen LogP contribution in [0.5, 0.6) is 0 Å². The predicted octanol–water partition coefficient (Wildman–Crippen LogP) is 1.48. The molecule has 0 radical (unpaired) electrons. The Hall–Kier alpha value is -2.37. The van der Waals surface area contributed by atoms with Gasteiger partial charge in [-0.15, -0.1) is 0 Å². The van der Waals surface area contributed by atoms with Crippen LogP contribution < -0.4 is 11.5 Å². The van der Waals surface area contributed by atoms with Gasteiger partial charge in [0.15, 0.2) is 5.96 Å². The molecule has 1 fully saturated rings. The number of guanidine groups is 1. The van der Waals surface area contributed by atoms with Gasteiger partial charge in [-0.1, -0.05) is 29.8 Å². The fourth-order valence-electron chi connectivity index (χ4n) is 2.61. The van der Waals surface area contributed by atoms with Gasteiger partial charge in [0.05, 0.1) is 0 Å². The first-order chi connectivity index (χ1) is 9.99. The lowest BCUT2D eigenvalue weighted by Crippen LogP contribution is -2.24. The molecule has 2 atom stereocenters. The molecule has 1 saturated carbocycles. The van der Waals surface area contributed by atoms with Crippen molar-refractivity contribution in [3.05, 3.63) is 34.9 Å². The number of carbonyl (C=O) groups excluding carboxylic acids is 1. The Bertz CT molecular complexity index is 607. The van der Waals surface area contributed by atoms with Crippen molar-refractivity contribution in [2.24, 2.45) is 33.5 Å². The van der Waals surface area contributed by atoms with E-state index in [0.717, 1.165) is 23.1 Å². The fourth-order valence-corrected chi connectivity index (χ4v) is 2.61. The Morgan fingerprint density at radius 1 is 1.48 bits per heavy atom. The van der Waals surface area contributed by atoms with E-state index in [4.69, 9.17) is 11.5 Å². The number of hydrogen-bond acceptors (Lipinski definition) is 3. The van der Waals surface area contributed by atoms with Gasteiger partial charge in [0, 0.05) is 11.5 Å². The first kappa shape index (κ1) is 15.0. The van der Waals surface area contributed by atoms with E-state index in [0.29, 0.717) is 12.1 Å². The number of aliphatic imine (C=N–C) groups is 1. The third-order valence-electron chi connectivity index (χ3n) is 3.89. The minimum atomic E-state index is -0.286. The summed E-state index contributed by atoms with van der Waals surface area (Å²) in [5.41, 5.74) is 14.1.